The van der Waals surface area contributed by atoms with Gasteiger partial charge in [-0.05, 0) is 25.2 Å². The molecule has 1 heterocycles. The van der Waals surface area contributed by atoms with E-state index in [0.717, 1.165) is 19.4 Å². The Kier molecular flexibility index (Phi) is 2.88. The summed E-state index contributed by atoms with van der Waals surface area (Å²) in [4.78, 5) is 10.2. The minimum atomic E-state index is -0.979. The van der Waals surface area contributed by atoms with Crippen molar-refractivity contribution in [3.05, 3.63) is 0 Å². The molecule has 11 heavy (non-hydrogen) atoms. The molecule has 3 nitrogen and oxygen atoms in total. The van der Waals surface area contributed by atoms with E-state index < -0.39 is 5.97 Å². The number of carbonyl (C=O) groups is 1. The molecule has 1 fully saturated rings. The fraction of sp³-hybridized carbons (Fsp3) is 0.875. The van der Waals surface area contributed by atoms with E-state index in [-0.39, 0.29) is 18.4 Å². The van der Waals surface area contributed by atoms with Crippen LogP contribution < -0.4 is 5.11 Å². The molecule has 1 saturated heterocycles. The van der Waals surface area contributed by atoms with E-state index in [1.165, 1.54) is 0 Å². The molecule has 0 spiro atoms. The molecule has 0 aromatic rings. The highest BCUT2D eigenvalue weighted by atomic mass is 16.5. The average molecular weight is 157 g/mol. The summed E-state index contributed by atoms with van der Waals surface area (Å²) in [6.45, 7) is 2.67. The molecule has 3 heteroatoms. The van der Waals surface area contributed by atoms with Gasteiger partial charge in [0.2, 0.25) is 0 Å². The Morgan fingerprint density at radius 2 is 2.55 bits per heavy atom. The molecule has 0 radical (unpaired) electrons. The largest absolute Gasteiger partial charge is 0.550 e. The van der Waals surface area contributed by atoms with E-state index in [1.807, 2.05) is 6.92 Å². The Morgan fingerprint density at radius 1 is 1.82 bits per heavy atom. The first-order valence-electron chi connectivity index (χ1n) is 4.01. The molecule has 0 N–H and O–H groups in total. The maximum Gasteiger partial charge on any atom is 0.0605 e. The number of hydrogen-bond donors (Lipinski definition) is 0. The van der Waals surface area contributed by atoms with Crippen molar-refractivity contribution < 1.29 is 14.6 Å². The van der Waals surface area contributed by atoms with Gasteiger partial charge in [-0.15, -0.1) is 0 Å². The molecule has 0 aromatic carbocycles. The number of aliphatic carboxylic acids is 1. The van der Waals surface area contributed by atoms with Crippen molar-refractivity contribution in [2.24, 2.45) is 5.92 Å². The standard InChI is InChI=1S/C8H14O3/c1-6(5-8(9)10)7-3-2-4-11-7/h6-7H,2-5H2,1H3,(H,9,10)/p-1/t6-,7+/m1/s1. The van der Waals surface area contributed by atoms with Gasteiger partial charge in [-0.25, -0.2) is 0 Å². The first-order chi connectivity index (χ1) is 5.20. The third-order valence-electron chi connectivity index (χ3n) is 2.09. The summed E-state index contributed by atoms with van der Waals surface area (Å²) in [5.41, 5.74) is 0. The normalized spacial score (nSPS) is 26.8. The number of rotatable bonds is 3. The zero-order valence-electron chi connectivity index (χ0n) is 6.71. The maximum absolute atomic E-state index is 10.2. The van der Waals surface area contributed by atoms with Crippen molar-refractivity contribution in [3.63, 3.8) is 0 Å². The van der Waals surface area contributed by atoms with E-state index >= 15 is 0 Å². The Balaban J connectivity index is 2.28. The molecule has 0 aliphatic carbocycles. The van der Waals surface area contributed by atoms with Gasteiger partial charge < -0.3 is 14.6 Å². The van der Waals surface area contributed by atoms with Crippen LogP contribution in [-0.2, 0) is 9.53 Å². The Labute approximate surface area is 66.4 Å². The molecule has 1 aliphatic rings. The summed E-state index contributed by atoms with van der Waals surface area (Å²) in [6, 6.07) is 0. The lowest BCUT2D eigenvalue weighted by Crippen LogP contribution is -2.28. The van der Waals surface area contributed by atoms with Crippen LogP contribution >= 0.6 is 0 Å². The van der Waals surface area contributed by atoms with E-state index in [1.54, 1.807) is 0 Å². The minimum absolute atomic E-state index is 0.0995. The summed E-state index contributed by atoms with van der Waals surface area (Å²) in [5.74, 6) is -0.879. The SMILES string of the molecule is C[C@H](CC(=O)[O-])[C@@H]1CCCO1. The fourth-order valence-corrected chi connectivity index (χ4v) is 1.45. The Morgan fingerprint density at radius 3 is 3.00 bits per heavy atom. The zero-order chi connectivity index (χ0) is 8.27. The maximum atomic E-state index is 10.2. The minimum Gasteiger partial charge on any atom is -0.550 e. The van der Waals surface area contributed by atoms with Gasteiger partial charge in [0.25, 0.3) is 0 Å². The highest BCUT2D eigenvalue weighted by molar-refractivity contribution is 5.64. The van der Waals surface area contributed by atoms with Crippen LogP contribution in [-0.4, -0.2) is 18.7 Å². The highest BCUT2D eigenvalue weighted by Gasteiger charge is 2.21. The fourth-order valence-electron chi connectivity index (χ4n) is 1.45. The summed E-state index contributed by atoms with van der Waals surface area (Å²) in [6.07, 6.45) is 2.31. The third-order valence-corrected chi connectivity index (χ3v) is 2.09. The van der Waals surface area contributed by atoms with Crippen molar-refractivity contribution >= 4 is 5.97 Å². The monoisotopic (exact) mass is 157 g/mol. The summed E-state index contributed by atoms with van der Waals surface area (Å²) >= 11 is 0. The predicted molar refractivity (Wildman–Crippen MR) is 37.8 cm³/mol. The molecule has 1 rings (SSSR count). The second-order valence-corrected chi connectivity index (χ2v) is 3.10. The van der Waals surface area contributed by atoms with Crippen molar-refractivity contribution in [2.75, 3.05) is 6.61 Å². The number of carboxylic acids is 1. The Bertz CT molecular complexity index is 138. The smallest absolute Gasteiger partial charge is 0.0605 e. The summed E-state index contributed by atoms with van der Waals surface area (Å²) in [7, 11) is 0. The van der Waals surface area contributed by atoms with Crippen LogP contribution in [0.25, 0.3) is 0 Å². The number of ether oxygens (including phenoxy) is 1. The summed E-state index contributed by atoms with van der Waals surface area (Å²) < 4.78 is 5.32. The Hall–Kier alpha value is -0.570. The zero-order valence-corrected chi connectivity index (χ0v) is 6.71. The van der Waals surface area contributed by atoms with Crippen LogP contribution in [0.5, 0.6) is 0 Å². The van der Waals surface area contributed by atoms with E-state index in [2.05, 4.69) is 0 Å². The first kappa shape index (κ1) is 8.53. The van der Waals surface area contributed by atoms with Crippen LogP contribution in [0.15, 0.2) is 0 Å². The molecule has 0 unspecified atom stereocenters. The van der Waals surface area contributed by atoms with Crippen LogP contribution in [0.3, 0.4) is 0 Å². The van der Waals surface area contributed by atoms with Crippen LogP contribution in [0.2, 0.25) is 0 Å². The van der Waals surface area contributed by atoms with Crippen molar-refractivity contribution in [1.29, 1.82) is 0 Å². The lowest BCUT2D eigenvalue weighted by molar-refractivity contribution is -0.307. The van der Waals surface area contributed by atoms with Gasteiger partial charge in [0, 0.05) is 12.6 Å². The van der Waals surface area contributed by atoms with Crippen LogP contribution in [0, 0.1) is 5.92 Å². The molecule has 0 bridgehead atoms. The average Bonchev–Trinajstić information content (AvgIpc) is 2.35. The van der Waals surface area contributed by atoms with Gasteiger partial charge in [0.1, 0.15) is 0 Å². The van der Waals surface area contributed by atoms with Gasteiger partial charge in [-0.2, -0.15) is 0 Å². The van der Waals surface area contributed by atoms with Crippen molar-refractivity contribution in [3.8, 4) is 0 Å². The predicted octanol–water partition coefficient (Wildman–Crippen LogP) is -0.0585. The molecule has 64 valence electrons. The number of hydrogen-bond acceptors (Lipinski definition) is 3. The van der Waals surface area contributed by atoms with Crippen molar-refractivity contribution in [2.45, 2.75) is 32.3 Å². The lowest BCUT2D eigenvalue weighted by Gasteiger charge is -2.18. The highest BCUT2D eigenvalue weighted by Crippen LogP contribution is 2.21. The summed E-state index contributed by atoms with van der Waals surface area (Å²) in [5, 5.41) is 10.2. The van der Waals surface area contributed by atoms with Gasteiger partial charge in [0.15, 0.2) is 0 Å². The van der Waals surface area contributed by atoms with Gasteiger partial charge in [-0.3, -0.25) is 0 Å². The van der Waals surface area contributed by atoms with E-state index in [0.29, 0.717) is 0 Å². The van der Waals surface area contributed by atoms with Gasteiger partial charge in [0.05, 0.1) is 6.10 Å². The molecule has 1 aliphatic heterocycles. The van der Waals surface area contributed by atoms with E-state index in [9.17, 15) is 9.90 Å². The molecule has 2 atom stereocenters. The van der Waals surface area contributed by atoms with Gasteiger partial charge in [-0.1, -0.05) is 6.92 Å². The van der Waals surface area contributed by atoms with Gasteiger partial charge >= 0.3 is 0 Å². The molecule has 0 amide bonds. The van der Waals surface area contributed by atoms with Crippen LogP contribution in [0.4, 0.5) is 0 Å². The number of carboxylic acid groups (broad SMARTS) is 1. The molecule has 0 aromatic heterocycles. The van der Waals surface area contributed by atoms with E-state index in [4.69, 9.17) is 4.74 Å². The molecular weight excluding hydrogens is 144 g/mol. The second kappa shape index (κ2) is 3.72. The number of carbonyl (C=O) groups excluding carboxylic acids is 1. The molecular formula is C8H13O3-. The third kappa shape index (κ3) is 2.50. The lowest BCUT2D eigenvalue weighted by atomic mass is 9.99. The van der Waals surface area contributed by atoms with Crippen molar-refractivity contribution in [1.82, 2.24) is 0 Å². The molecule has 0 saturated carbocycles. The topological polar surface area (TPSA) is 49.4 Å². The second-order valence-electron chi connectivity index (χ2n) is 3.10. The first-order valence-corrected chi connectivity index (χ1v) is 4.01. The quantitative estimate of drug-likeness (QED) is 0.576. The van der Waals surface area contributed by atoms with Crippen LogP contribution in [0.1, 0.15) is 26.2 Å².